The van der Waals surface area contributed by atoms with E-state index in [1.165, 1.54) is 4.90 Å². The van der Waals surface area contributed by atoms with Crippen LogP contribution >= 0.6 is 0 Å². The SMILES string of the molecule is CCOc1ccc(N2CC=C[C@]3(C)O[C@]45C=CCN(c6cc(C)ccc6C)C(=O)C4N([C@@H](CO)Cc4ccccc4)C(=O)[C@@H]5[C@@H]3C2=O)cc1. The maximum atomic E-state index is 15.1. The number of carbonyl (C=O) groups excluding carboxylic acids is 3. The maximum Gasteiger partial charge on any atom is 0.253 e. The fourth-order valence-corrected chi connectivity index (χ4v) is 8.34. The Labute approximate surface area is 287 Å². The molecular formula is C40H43N3O6. The lowest BCUT2D eigenvalue weighted by Crippen LogP contribution is -2.59. The number of hydrogen-bond acceptors (Lipinski definition) is 6. The Morgan fingerprint density at radius 1 is 0.878 bits per heavy atom. The first-order valence-corrected chi connectivity index (χ1v) is 17.1. The van der Waals surface area contributed by atoms with Gasteiger partial charge in [0.1, 0.15) is 17.4 Å². The molecule has 2 fully saturated rings. The molecule has 9 nitrogen and oxygen atoms in total. The van der Waals surface area contributed by atoms with Gasteiger partial charge in [0.25, 0.3) is 5.91 Å². The van der Waals surface area contributed by atoms with Crippen LogP contribution in [0.3, 0.4) is 0 Å². The summed E-state index contributed by atoms with van der Waals surface area (Å²) in [5, 5.41) is 10.9. The predicted molar refractivity (Wildman–Crippen MR) is 187 cm³/mol. The summed E-state index contributed by atoms with van der Waals surface area (Å²) in [6.45, 7) is 8.42. The monoisotopic (exact) mass is 661 g/mol. The van der Waals surface area contributed by atoms with E-state index >= 15 is 9.59 Å². The zero-order valence-electron chi connectivity index (χ0n) is 28.4. The van der Waals surface area contributed by atoms with Gasteiger partial charge < -0.3 is 29.3 Å². The molecule has 7 rings (SSSR count). The van der Waals surface area contributed by atoms with Gasteiger partial charge >= 0.3 is 0 Å². The minimum atomic E-state index is -1.45. The van der Waals surface area contributed by atoms with E-state index < -0.39 is 35.1 Å². The Balaban J connectivity index is 1.35. The number of amides is 3. The van der Waals surface area contributed by atoms with E-state index in [9.17, 15) is 9.90 Å². The van der Waals surface area contributed by atoms with Crippen LogP contribution in [0.1, 0.15) is 30.5 Å². The molecule has 1 N–H and O–H groups in total. The quantitative estimate of drug-likeness (QED) is 0.349. The van der Waals surface area contributed by atoms with E-state index in [1.54, 1.807) is 9.80 Å². The second-order valence-corrected chi connectivity index (χ2v) is 13.7. The first-order valence-electron chi connectivity index (χ1n) is 17.1. The molecule has 4 aliphatic rings. The van der Waals surface area contributed by atoms with Crippen molar-refractivity contribution in [1.82, 2.24) is 4.90 Å². The average molecular weight is 662 g/mol. The van der Waals surface area contributed by atoms with Gasteiger partial charge in [-0.05, 0) is 81.1 Å². The van der Waals surface area contributed by atoms with Crippen LogP contribution in [0.4, 0.5) is 11.4 Å². The minimum absolute atomic E-state index is 0.257. The van der Waals surface area contributed by atoms with Gasteiger partial charge in [0.05, 0.1) is 36.7 Å². The number of fused-ring (bicyclic) bond motifs is 2. The van der Waals surface area contributed by atoms with Crippen LogP contribution in [0.25, 0.3) is 0 Å². The Hall–Kier alpha value is -4.73. The fourth-order valence-electron chi connectivity index (χ4n) is 8.34. The number of aliphatic hydroxyl groups excluding tert-OH is 1. The number of aliphatic hydroxyl groups is 1. The molecule has 3 aromatic rings. The highest BCUT2D eigenvalue weighted by Gasteiger charge is 2.75. The molecule has 0 saturated carbocycles. The van der Waals surface area contributed by atoms with Crippen molar-refractivity contribution in [3.8, 4) is 5.75 Å². The van der Waals surface area contributed by atoms with Gasteiger partial charge in [0.15, 0.2) is 0 Å². The van der Waals surface area contributed by atoms with Crippen molar-refractivity contribution in [3.05, 3.63) is 114 Å². The molecule has 0 aliphatic carbocycles. The molecule has 49 heavy (non-hydrogen) atoms. The molecular weight excluding hydrogens is 618 g/mol. The lowest BCUT2D eigenvalue weighted by atomic mass is 9.74. The molecule has 4 aliphatic heterocycles. The summed E-state index contributed by atoms with van der Waals surface area (Å²) < 4.78 is 12.7. The number of anilines is 2. The normalized spacial score (nSPS) is 28.2. The van der Waals surface area contributed by atoms with Crippen molar-refractivity contribution < 1.29 is 29.0 Å². The van der Waals surface area contributed by atoms with Crippen LogP contribution in [0.2, 0.25) is 0 Å². The highest BCUT2D eigenvalue weighted by Crippen LogP contribution is 2.58. The zero-order valence-corrected chi connectivity index (χ0v) is 28.4. The number of aryl methyl sites for hydroxylation is 2. The number of likely N-dealkylation sites (tertiary alicyclic amines) is 1. The van der Waals surface area contributed by atoms with E-state index in [1.807, 2.05) is 125 Å². The van der Waals surface area contributed by atoms with Gasteiger partial charge in [0, 0.05) is 24.5 Å². The highest BCUT2D eigenvalue weighted by atomic mass is 16.5. The van der Waals surface area contributed by atoms with E-state index in [2.05, 4.69) is 0 Å². The number of hydrogen-bond donors (Lipinski definition) is 1. The van der Waals surface area contributed by atoms with E-state index in [0.717, 1.165) is 22.4 Å². The largest absolute Gasteiger partial charge is 0.494 e. The average Bonchev–Trinajstić information content (AvgIpc) is 3.37. The van der Waals surface area contributed by atoms with Crippen LogP contribution in [0.5, 0.6) is 5.75 Å². The van der Waals surface area contributed by atoms with Gasteiger partial charge in [0.2, 0.25) is 11.8 Å². The van der Waals surface area contributed by atoms with Crippen LogP contribution in [0.15, 0.2) is 97.1 Å². The van der Waals surface area contributed by atoms with Crippen LogP contribution in [0, 0.1) is 25.7 Å². The highest BCUT2D eigenvalue weighted by molar-refractivity contribution is 6.08. The first-order chi connectivity index (χ1) is 23.6. The van der Waals surface area contributed by atoms with Gasteiger partial charge in [-0.3, -0.25) is 14.4 Å². The maximum absolute atomic E-state index is 15.1. The molecule has 9 heteroatoms. The van der Waals surface area contributed by atoms with Crippen molar-refractivity contribution in [2.75, 3.05) is 36.1 Å². The number of ether oxygens (including phenoxy) is 2. The topological polar surface area (TPSA) is 99.6 Å². The number of rotatable bonds is 8. The van der Waals surface area contributed by atoms with E-state index in [-0.39, 0.29) is 30.9 Å². The molecule has 254 valence electrons. The lowest BCUT2D eigenvalue weighted by Gasteiger charge is -2.40. The summed E-state index contributed by atoms with van der Waals surface area (Å²) in [4.78, 5) is 49.9. The molecule has 0 bridgehead atoms. The third-order valence-electron chi connectivity index (χ3n) is 10.5. The first kappa shape index (κ1) is 32.8. The van der Waals surface area contributed by atoms with Gasteiger partial charge in [-0.25, -0.2) is 0 Å². The fraction of sp³-hybridized carbons (Fsp3) is 0.375. The summed E-state index contributed by atoms with van der Waals surface area (Å²) in [7, 11) is 0. The van der Waals surface area contributed by atoms with Crippen molar-refractivity contribution in [2.24, 2.45) is 11.8 Å². The van der Waals surface area contributed by atoms with Crippen LogP contribution in [-0.4, -0.2) is 77.3 Å². The summed E-state index contributed by atoms with van der Waals surface area (Å²) in [6.07, 6.45) is 7.85. The van der Waals surface area contributed by atoms with E-state index in [4.69, 9.17) is 9.47 Å². The molecule has 4 heterocycles. The van der Waals surface area contributed by atoms with Crippen LogP contribution < -0.4 is 14.5 Å². The second kappa shape index (κ2) is 12.6. The minimum Gasteiger partial charge on any atom is -0.494 e. The van der Waals surface area contributed by atoms with Gasteiger partial charge in [-0.2, -0.15) is 0 Å². The van der Waals surface area contributed by atoms with Crippen molar-refractivity contribution >= 4 is 29.1 Å². The zero-order chi connectivity index (χ0) is 34.5. The summed E-state index contributed by atoms with van der Waals surface area (Å²) in [5.74, 6) is -2.17. The molecule has 0 aromatic heterocycles. The van der Waals surface area contributed by atoms with Gasteiger partial charge in [-0.1, -0.05) is 66.8 Å². The third kappa shape index (κ3) is 5.36. The molecule has 1 spiro atoms. The Morgan fingerprint density at radius 3 is 2.31 bits per heavy atom. The molecule has 1 unspecified atom stereocenters. The Morgan fingerprint density at radius 2 is 1.59 bits per heavy atom. The third-order valence-corrected chi connectivity index (χ3v) is 10.5. The summed E-state index contributed by atoms with van der Waals surface area (Å²) in [5.41, 5.74) is 1.65. The smallest absolute Gasteiger partial charge is 0.253 e. The van der Waals surface area contributed by atoms with Crippen molar-refractivity contribution in [2.45, 2.75) is 57.4 Å². The second-order valence-electron chi connectivity index (χ2n) is 13.7. The van der Waals surface area contributed by atoms with E-state index in [0.29, 0.717) is 31.0 Å². The molecule has 2 saturated heterocycles. The molecule has 3 amide bonds. The number of carbonyl (C=O) groups is 3. The molecule has 6 atom stereocenters. The van der Waals surface area contributed by atoms with Crippen LogP contribution in [-0.2, 0) is 25.5 Å². The standard InChI is InChI=1S/C40H43N3O6/c1-5-48-31-17-15-29(16-18-31)41-21-9-19-39(4)33(36(41)45)34-37(46)43(30(25-44)24-28-11-7-6-8-12-28)35-38(47)42(22-10-20-40(34,35)49-39)32-23-26(2)13-14-27(32)3/h6-20,23,30,33-35,44H,5,21-22,24-25H2,1-4H3/t30-,33-,34+,35?,39+,40+/m1/s1. The lowest BCUT2D eigenvalue weighted by molar-refractivity contribution is -0.148. The Bertz CT molecular complexity index is 1820. The predicted octanol–water partition coefficient (Wildman–Crippen LogP) is 4.78. The summed E-state index contributed by atoms with van der Waals surface area (Å²) in [6, 6.07) is 21.1. The van der Waals surface area contributed by atoms with Crippen molar-refractivity contribution in [3.63, 3.8) is 0 Å². The number of nitrogens with zero attached hydrogens (tertiary/aromatic N) is 3. The Kier molecular flexibility index (Phi) is 8.45. The van der Waals surface area contributed by atoms with Crippen molar-refractivity contribution in [1.29, 1.82) is 0 Å². The summed E-state index contributed by atoms with van der Waals surface area (Å²) >= 11 is 0. The van der Waals surface area contributed by atoms with Gasteiger partial charge in [-0.15, -0.1) is 0 Å². The molecule has 0 radical (unpaired) electrons. The number of benzene rings is 3. The molecule has 3 aromatic carbocycles.